The molecule has 1 unspecified atom stereocenters. The summed E-state index contributed by atoms with van der Waals surface area (Å²) in [5.74, 6) is 1.05. The third-order valence-corrected chi connectivity index (χ3v) is 4.98. The van der Waals surface area contributed by atoms with Gasteiger partial charge >= 0.3 is 0 Å². The fourth-order valence-electron chi connectivity index (χ4n) is 2.58. The van der Waals surface area contributed by atoms with Gasteiger partial charge < -0.3 is 14.6 Å². The van der Waals surface area contributed by atoms with Gasteiger partial charge in [-0.15, -0.1) is 0 Å². The second-order valence-corrected chi connectivity index (χ2v) is 7.01. The van der Waals surface area contributed by atoms with Crippen LogP contribution in [-0.4, -0.2) is 35.2 Å². The first-order chi connectivity index (χ1) is 12.5. The molecule has 1 fully saturated rings. The Bertz CT molecular complexity index is 793. The predicted molar refractivity (Wildman–Crippen MR) is 98.5 cm³/mol. The van der Waals surface area contributed by atoms with Crippen molar-refractivity contribution in [3.05, 3.63) is 59.7 Å². The first-order valence-electron chi connectivity index (χ1n) is 8.10. The molecule has 2 atom stereocenters. The zero-order chi connectivity index (χ0) is 18.5. The minimum absolute atomic E-state index is 0.113. The molecule has 6 nitrogen and oxygen atoms in total. The van der Waals surface area contributed by atoms with Gasteiger partial charge in [-0.3, -0.25) is 14.9 Å². The molecule has 0 saturated carbocycles. The number of benzene rings is 2. The molecule has 2 aromatic carbocycles. The molecule has 0 bridgehead atoms. The highest BCUT2D eigenvalue weighted by molar-refractivity contribution is 8.15. The van der Waals surface area contributed by atoms with Gasteiger partial charge in [-0.25, -0.2) is 0 Å². The molecule has 7 heteroatoms. The number of carbonyl (C=O) groups is 2. The maximum Gasteiger partial charge on any atom is 0.286 e. The topological polar surface area (TPSA) is 84.9 Å². The maximum atomic E-state index is 11.6. The molecule has 2 amide bonds. The Kier molecular flexibility index (Phi) is 5.80. The van der Waals surface area contributed by atoms with E-state index in [1.54, 1.807) is 25.3 Å². The molecule has 3 rings (SSSR count). The molecule has 1 heterocycles. The number of methoxy groups -OCH3 is 1. The summed E-state index contributed by atoms with van der Waals surface area (Å²) in [6.07, 6.45) is -0.288. The molecule has 2 N–H and O–H groups in total. The Balaban J connectivity index is 1.54. The third kappa shape index (κ3) is 4.56. The lowest BCUT2D eigenvalue weighted by molar-refractivity contribution is -0.118. The van der Waals surface area contributed by atoms with Crippen molar-refractivity contribution in [2.75, 3.05) is 13.7 Å². The fourth-order valence-corrected chi connectivity index (χ4v) is 3.44. The number of aliphatic hydroxyl groups is 1. The van der Waals surface area contributed by atoms with Crippen LogP contribution in [0.3, 0.4) is 0 Å². The van der Waals surface area contributed by atoms with Crippen molar-refractivity contribution in [3.8, 4) is 11.5 Å². The van der Waals surface area contributed by atoms with Crippen molar-refractivity contribution in [2.24, 2.45) is 0 Å². The number of imide groups is 1. The SMILES string of the molecule is COc1cccc([C@@H](O)COc2ccc(CC3SC(=O)NC3=O)cc2)c1. The van der Waals surface area contributed by atoms with E-state index < -0.39 is 6.10 Å². The van der Waals surface area contributed by atoms with Gasteiger partial charge in [-0.05, 0) is 41.8 Å². The minimum atomic E-state index is -0.769. The van der Waals surface area contributed by atoms with Crippen LogP contribution in [0.15, 0.2) is 48.5 Å². The first-order valence-corrected chi connectivity index (χ1v) is 8.98. The zero-order valence-corrected chi connectivity index (χ0v) is 15.0. The Morgan fingerprint density at radius 1 is 1.15 bits per heavy atom. The molecule has 1 saturated heterocycles. The Morgan fingerprint density at radius 3 is 2.58 bits per heavy atom. The minimum Gasteiger partial charge on any atom is -0.497 e. The predicted octanol–water partition coefficient (Wildman–Crippen LogP) is 2.70. The Morgan fingerprint density at radius 2 is 1.92 bits per heavy atom. The van der Waals surface area contributed by atoms with Gasteiger partial charge in [-0.1, -0.05) is 36.0 Å². The second kappa shape index (κ2) is 8.25. The summed E-state index contributed by atoms with van der Waals surface area (Å²) < 4.78 is 10.8. The van der Waals surface area contributed by atoms with E-state index in [2.05, 4.69) is 5.32 Å². The number of hydrogen-bond acceptors (Lipinski definition) is 6. The average Bonchev–Trinajstić information content (AvgIpc) is 2.97. The van der Waals surface area contributed by atoms with Crippen LogP contribution in [0.1, 0.15) is 17.2 Å². The van der Waals surface area contributed by atoms with Crippen molar-refractivity contribution in [1.82, 2.24) is 5.32 Å². The van der Waals surface area contributed by atoms with Crippen LogP contribution in [-0.2, 0) is 11.2 Å². The molecule has 136 valence electrons. The summed E-state index contributed by atoms with van der Waals surface area (Å²) in [5, 5.41) is 11.8. The highest BCUT2D eigenvalue weighted by Gasteiger charge is 2.31. The molecular weight excluding hydrogens is 354 g/mol. The van der Waals surface area contributed by atoms with E-state index >= 15 is 0 Å². The highest BCUT2D eigenvalue weighted by Crippen LogP contribution is 2.24. The quantitative estimate of drug-likeness (QED) is 0.776. The molecule has 0 spiro atoms. The lowest BCUT2D eigenvalue weighted by Gasteiger charge is -2.14. The highest BCUT2D eigenvalue weighted by atomic mass is 32.2. The standard InChI is InChI=1S/C19H19NO5S/c1-24-15-4-2-3-13(10-15)16(21)11-25-14-7-5-12(6-8-14)9-17-18(22)20-19(23)26-17/h2-8,10,16-17,21H,9,11H2,1H3,(H,20,22,23)/t16-,17?/m0/s1. The van der Waals surface area contributed by atoms with E-state index in [1.165, 1.54) is 0 Å². The van der Waals surface area contributed by atoms with E-state index in [-0.39, 0.29) is 23.0 Å². The number of nitrogens with one attached hydrogen (secondary N) is 1. The molecular formula is C19H19NO5S. The lowest BCUT2D eigenvalue weighted by atomic mass is 10.1. The summed E-state index contributed by atoms with van der Waals surface area (Å²) >= 11 is 1.01. The normalized spacial score (nSPS) is 17.7. The van der Waals surface area contributed by atoms with E-state index in [4.69, 9.17) is 9.47 Å². The van der Waals surface area contributed by atoms with Crippen LogP contribution in [0, 0.1) is 0 Å². The Hall–Kier alpha value is -2.51. The number of hydrogen-bond donors (Lipinski definition) is 2. The summed E-state index contributed by atoms with van der Waals surface area (Å²) in [5.41, 5.74) is 1.66. The Labute approximate surface area is 155 Å². The molecule has 26 heavy (non-hydrogen) atoms. The van der Waals surface area contributed by atoms with Crippen LogP contribution in [0.2, 0.25) is 0 Å². The fraction of sp³-hybridized carbons (Fsp3) is 0.263. The first kappa shape index (κ1) is 18.3. The summed E-state index contributed by atoms with van der Waals surface area (Å²) in [4.78, 5) is 22.8. The number of aliphatic hydroxyl groups excluding tert-OH is 1. The van der Waals surface area contributed by atoms with Crippen molar-refractivity contribution < 1.29 is 24.2 Å². The van der Waals surface area contributed by atoms with E-state index in [0.717, 1.165) is 22.9 Å². The number of amides is 2. The number of ether oxygens (including phenoxy) is 2. The number of thioether (sulfide) groups is 1. The van der Waals surface area contributed by atoms with Crippen LogP contribution in [0.4, 0.5) is 4.79 Å². The van der Waals surface area contributed by atoms with Crippen LogP contribution >= 0.6 is 11.8 Å². The van der Waals surface area contributed by atoms with Crippen molar-refractivity contribution in [3.63, 3.8) is 0 Å². The largest absolute Gasteiger partial charge is 0.497 e. The van der Waals surface area contributed by atoms with Gasteiger partial charge in [0, 0.05) is 0 Å². The smallest absolute Gasteiger partial charge is 0.286 e. The second-order valence-electron chi connectivity index (χ2n) is 5.83. The van der Waals surface area contributed by atoms with E-state index in [9.17, 15) is 14.7 Å². The molecule has 1 aliphatic rings. The molecule has 0 radical (unpaired) electrons. The lowest BCUT2D eigenvalue weighted by Crippen LogP contribution is -2.25. The number of carbonyl (C=O) groups excluding carboxylic acids is 2. The van der Waals surface area contributed by atoms with Gasteiger partial charge in [0.15, 0.2) is 0 Å². The summed E-state index contributed by atoms with van der Waals surface area (Å²) in [6.45, 7) is 0.113. The average molecular weight is 373 g/mol. The van der Waals surface area contributed by atoms with E-state index in [1.807, 2.05) is 30.3 Å². The van der Waals surface area contributed by atoms with Gasteiger partial charge in [0.05, 0.1) is 12.4 Å². The molecule has 1 aliphatic heterocycles. The molecule has 2 aromatic rings. The van der Waals surface area contributed by atoms with E-state index in [0.29, 0.717) is 17.9 Å². The van der Waals surface area contributed by atoms with Gasteiger partial charge in [0.25, 0.3) is 5.24 Å². The van der Waals surface area contributed by atoms with Crippen LogP contribution in [0.25, 0.3) is 0 Å². The zero-order valence-electron chi connectivity index (χ0n) is 14.2. The van der Waals surface area contributed by atoms with Gasteiger partial charge in [0.2, 0.25) is 5.91 Å². The maximum absolute atomic E-state index is 11.6. The van der Waals surface area contributed by atoms with Crippen molar-refractivity contribution >= 4 is 22.9 Å². The monoisotopic (exact) mass is 373 g/mol. The molecule has 0 aromatic heterocycles. The molecule has 0 aliphatic carbocycles. The van der Waals surface area contributed by atoms with Gasteiger partial charge in [-0.2, -0.15) is 0 Å². The summed E-state index contributed by atoms with van der Waals surface area (Å²) in [6, 6.07) is 14.5. The summed E-state index contributed by atoms with van der Waals surface area (Å²) in [7, 11) is 1.58. The van der Waals surface area contributed by atoms with Crippen LogP contribution in [0.5, 0.6) is 11.5 Å². The third-order valence-electron chi connectivity index (χ3n) is 4.00. The van der Waals surface area contributed by atoms with Crippen molar-refractivity contribution in [1.29, 1.82) is 0 Å². The van der Waals surface area contributed by atoms with Crippen molar-refractivity contribution in [2.45, 2.75) is 17.8 Å². The van der Waals surface area contributed by atoms with Crippen LogP contribution < -0.4 is 14.8 Å². The van der Waals surface area contributed by atoms with Gasteiger partial charge in [0.1, 0.15) is 24.2 Å². The number of rotatable bonds is 7.